The number of nitro groups is 1. The fourth-order valence-electron chi connectivity index (χ4n) is 2.58. The number of furan rings is 1. The number of carbonyl (C=O) groups is 1. The summed E-state index contributed by atoms with van der Waals surface area (Å²) in [6, 6.07) is 4.43. The van der Waals surface area contributed by atoms with Gasteiger partial charge in [0, 0.05) is 6.07 Å². The molecule has 1 amide bonds. The predicted octanol–water partition coefficient (Wildman–Crippen LogP) is 2.75. The maximum atomic E-state index is 12.0. The topological polar surface area (TPSA) is 103 Å². The molecule has 2 aromatic rings. The van der Waals surface area contributed by atoms with Crippen LogP contribution in [0, 0.1) is 10.1 Å². The molecule has 1 N–H and O–H groups in total. The predicted molar refractivity (Wildman–Crippen MR) is 73.0 cm³/mol. The van der Waals surface area contributed by atoms with Gasteiger partial charge in [0.15, 0.2) is 5.76 Å². The van der Waals surface area contributed by atoms with Gasteiger partial charge >= 0.3 is 5.88 Å². The van der Waals surface area contributed by atoms with Gasteiger partial charge in [0.05, 0.1) is 18.3 Å². The molecule has 1 fully saturated rings. The first-order valence-electron chi connectivity index (χ1n) is 6.74. The molecule has 110 valence electrons. The second-order valence-corrected chi connectivity index (χ2v) is 4.95. The second-order valence-electron chi connectivity index (χ2n) is 4.95. The van der Waals surface area contributed by atoms with E-state index in [1.807, 2.05) is 0 Å². The molecule has 2 aromatic heterocycles. The molecule has 0 bridgehead atoms. The van der Waals surface area contributed by atoms with Gasteiger partial charge < -0.3 is 9.73 Å². The Labute approximate surface area is 119 Å². The molecule has 8 nitrogen and oxygen atoms in total. The molecule has 1 saturated carbocycles. The summed E-state index contributed by atoms with van der Waals surface area (Å²) in [6.45, 7) is 0. The third kappa shape index (κ3) is 2.64. The fourth-order valence-corrected chi connectivity index (χ4v) is 2.58. The van der Waals surface area contributed by atoms with E-state index in [4.69, 9.17) is 4.42 Å². The molecule has 0 saturated heterocycles. The van der Waals surface area contributed by atoms with Gasteiger partial charge in [0.1, 0.15) is 10.7 Å². The molecule has 8 heteroatoms. The summed E-state index contributed by atoms with van der Waals surface area (Å²) in [5.41, 5.74) is 0. The monoisotopic (exact) mass is 290 g/mol. The number of rotatable bonds is 4. The maximum Gasteiger partial charge on any atom is 0.433 e. The van der Waals surface area contributed by atoms with Gasteiger partial charge in [0.2, 0.25) is 0 Å². The first kappa shape index (κ1) is 13.3. The lowest BCUT2D eigenvalue weighted by atomic mass is 10.2. The first-order valence-corrected chi connectivity index (χ1v) is 6.74. The third-order valence-electron chi connectivity index (χ3n) is 3.58. The summed E-state index contributed by atoms with van der Waals surface area (Å²) >= 11 is 0. The molecule has 2 heterocycles. The molecule has 1 aliphatic rings. The van der Waals surface area contributed by atoms with E-state index in [9.17, 15) is 14.9 Å². The fraction of sp³-hybridized carbons (Fsp3) is 0.385. The smallest absolute Gasteiger partial charge is 0.395 e. The SMILES string of the molecule is O=C(Nc1ccnn1C1CCCC1)c1ccc([N+](=O)[O-])o1. The minimum atomic E-state index is -0.681. The van der Waals surface area contributed by atoms with Crippen LogP contribution >= 0.6 is 0 Å². The Balaban J connectivity index is 1.75. The van der Waals surface area contributed by atoms with Gasteiger partial charge in [-0.3, -0.25) is 14.9 Å². The Bertz CT molecular complexity index is 669. The van der Waals surface area contributed by atoms with Gasteiger partial charge in [-0.15, -0.1) is 0 Å². The number of anilines is 1. The molecule has 0 aliphatic heterocycles. The Kier molecular flexibility index (Phi) is 3.43. The lowest BCUT2D eigenvalue weighted by Crippen LogP contribution is -2.17. The van der Waals surface area contributed by atoms with Crippen molar-refractivity contribution in [1.29, 1.82) is 0 Å². The second kappa shape index (κ2) is 5.39. The zero-order valence-corrected chi connectivity index (χ0v) is 11.2. The average Bonchev–Trinajstić information content (AvgIpc) is 3.19. The van der Waals surface area contributed by atoms with Crippen LogP contribution in [0.5, 0.6) is 0 Å². The molecular formula is C13H14N4O4. The van der Waals surface area contributed by atoms with E-state index >= 15 is 0 Å². The molecule has 0 atom stereocenters. The van der Waals surface area contributed by atoms with E-state index < -0.39 is 16.7 Å². The van der Waals surface area contributed by atoms with Gasteiger partial charge in [-0.25, -0.2) is 4.68 Å². The van der Waals surface area contributed by atoms with Crippen LogP contribution in [0.3, 0.4) is 0 Å². The molecule has 0 unspecified atom stereocenters. The van der Waals surface area contributed by atoms with Gasteiger partial charge in [-0.1, -0.05) is 12.8 Å². The van der Waals surface area contributed by atoms with Gasteiger partial charge in [-0.2, -0.15) is 5.10 Å². The highest BCUT2D eigenvalue weighted by Crippen LogP contribution is 2.31. The lowest BCUT2D eigenvalue weighted by Gasteiger charge is -2.14. The molecule has 3 rings (SSSR count). The van der Waals surface area contributed by atoms with Crippen molar-refractivity contribution in [3.8, 4) is 0 Å². The molecular weight excluding hydrogens is 276 g/mol. The summed E-state index contributed by atoms with van der Waals surface area (Å²) in [5.74, 6) is -0.501. The standard InChI is InChI=1S/C13H14N4O4/c18-13(10-5-6-12(21-10)17(19)20)15-11-7-8-14-16(11)9-3-1-2-4-9/h5-9H,1-4H2,(H,15,18). The summed E-state index contributed by atoms with van der Waals surface area (Å²) in [7, 11) is 0. The van der Waals surface area contributed by atoms with Crippen molar-refractivity contribution in [3.63, 3.8) is 0 Å². The van der Waals surface area contributed by atoms with Crippen LogP contribution in [0.15, 0.2) is 28.8 Å². The molecule has 0 radical (unpaired) electrons. The Morgan fingerprint density at radius 2 is 2.14 bits per heavy atom. The van der Waals surface area contributed by atoms with E-state index in [0.29, 0.717) is 11.9 Å². The maximum absolute atomic E-state index is 12.0. The largest absolute Gasteiger partial charge is 0.433 e. The molecule has 1 aliphatic carbocycles. The number of nitrogens with zero attached hydrogens (tertiary/aromatic N) is 3. The van der Waals surface area contributed by atoms with Gasteiger partial charge in [-0.05, 0) is 18.9 Å². The van der Waals surface area contributed by atoms with E-state index in [-0.39, 0.29) is 5.76 Å². The van der Waals surface area contributed by atoms with Crippen LogP contribution < -0.4 is 5.32 Å². The number of aromatic nitrogens is 2. The van der Waals surface area contributed by atoms with Crippen LogP contribution in [-0.2, 0) is 0 Å². The minimum Gasteiger partial charge on any atom is -0.395 e. The summed E-state index contributed by atoms with van der Waals surface area (Å²) in [5, 5.41) is 17.5. The van der Waals surface area contributed by atoms with E-state index in [2.05, 4.69) is 10.4 Å². The molecule has 0 spiro atoms. The Hall–Kier alpha value is -2.64. The number of nitrogens with one attached hydrogen (secondary N) is 1. The first-order chi connectivity index (χ1) is 10.1. The van der Waals surface area contributed by atoms with Crippen LogP contribution in [0.25, 0.3) is 0 Å². The quantitative estimate of drug-likeness (QED) is 0.688. The average molecular weight is 290 g/mol. The van der Waals surface area contributed by atoms with Crippen LogP contribution in [0.2, 0.25) is 0 Å². The molecule has 21 heavy (non-hydrogen) atoms. The normalized spacial score (nSPS) is 15.2. The van der Waals surface area contributed by atoms with Crippen molar-refractivity contribution < 1.29 is 14.1 Å². The number of hydrogen-bond donors (Lipinski definition) is 1. The summed E-state index contributed by atoms with van der Waals surface area (Å²) in [4.78, 5) is 21.9. The van der Waals surface area contributed by atoms with Crippen molar-refractivity contribution in [2.24, 2.45) is 0 Å². The summed E-state index contributed by atoms with van der Waals surface area (Å²) in [6.07, 6.45) is 6.01. The van der Waals surface area contributed by atoms with E-state index in [1.165, 1.54) is 6.07 Å². The van der Waals surface area contributed by atoms with Crippen LogP contribution in [0.1, 0.15) is 42.3 Å². The summed E-state index contributed by atoms with van der Waals surface area (Å²) < 4.78 is 6.67. The van der Waals surface area contributed by atoms with Crippen molar-refractivity contribution in [2.45, 2.75) is 31.7 Å². The number of carbonyl (C=O) groups excluding carboxylic acids is 1. The van der Waals surface area contributed by atoms with E-state index in [1.54, 1.807) is 16.9 Å². The Morgan fingerprint density at radius 3 is 2.81 bits per heavy atom. The van der Waals surface area contributed by atoms with E-state index in [0.717, 1.165) is 31.7 Å². The third-order valence-corrected chi connectivity index (χ3v) is 3.58. The van der Waals surface area contributed by atoms with Gasteiger partial charge in [0.25, 0.3) is 5.91 Å². The highest BCUT2D eigenvalue weighted by molar-refractivity contribution is 6.01. The van der Waals surface area contributed by atoms with Crippen LogP contribution in [0.4, 0.5) is 11.7 Å². The molecule has 0 aromatic carbocycles. The zero-order chi connectivity index (χ0) is 14.8. The highest BCUT2D eigenvalue weighted by Gasteiger charge is 2.22. The Morgan fingerprint density at radius 1 is 1.38 bits per heavy atom. The lowest BCUT2D eigenvalue weighted by molar-refractivity contribution is -0.402. The van der Waals surface area contributed by atoms with Crippen molar-refractivity contribution >= 4 is 17.6 Å². The number of amides is 1. The van der Waals surface area contributed by atoms with Crippen molar-refractivity contribution in [3.05, 3.63) is 40.3 Å². The number of hydrogen-bond acceptors (Lipinski definition) is 5. The van der Waals surface area contributed by atoms with Crippen LogP contribution in [-0.4, -0.2) is 20.6 Å². The van der Waals surface area contributed by atoms with Crippen molar-refractivity contribution in [2.75, 3.05) is 5.32 Å². The highest BCUT2D eigenvalue weighted by atomic mass is 16.6. The van der Waals surface area contributed by atoms with Crippen molar-refractivity contribution in [1.82, 2.24) is 9.78 Å². The minimum absolute atomic E-state index is 0.0964. The zero-order valence-electron chi connectivity index (χ0n) is 11.2.